The van der Waals surface area contributed by atoms with Gasteiger partial charge in [0.25, 0.3) is 0 Å². The second-order valence-electron chi connectivity index (χ2n) is 7.08. The molecule has 0 amide bonds. The number of aromatic nitrogens is 3. The average molecular weight is 482 g/mol. The zero-order valence-electron chi connectivity index (χ0n) is 15.8. The molecule has 1 aliphatic heterocycles. The molecule has 1 aromatic carbocycles. The molecule has 1 aliphatic carbocycles. The van der Waals surface area contributed by atoms with E-state index >= 15 is 0 Å². The maximum Gasteiger partial charge on any atom is 0.192 e. The van der Waals surface area contributed by atoms with Crippen molar-refractivity contribution in [2.45, 2.75) is 38.8 Å². The van der Waals surface area contributed by atoms with Crippen molar-refractivity contribution in [1.82, 2.24) is 25.4 Å². The van der Waals surface area contributed by atoms with Crippen LogP contribution in [0.4, 0.5) is 0 Å². The van der Waals surface area contributed by atoms with Gasteiger partial charge < -0.3 is 19.9 Å². The molecular weight excluding hydrogens is 455 g/mol. The molecule has 0 saturated heterocycles. The van der Waals surface area contributed by atoms with Crippen LogP contribution in [0.3, 0.4) is 0 Å². The highest BCUT2D eigenvalue weighted by Crippen LogP contribution is 2.31. The smallest absolute Gasteiger partial charge is 0.192 e. The lowest BCUT2D eigenvalue weighted by Gasteiger charge is -2.28. The number of aryl methyl sites for hydroxylation is 1. The summed E-state index contributed by atoms with van der Waals surface area (Å²) < 4.78 is 7.75. The molecule has 0 radical (unpaired) electrons. The number of halogens is 1. The van der Waals surface area contributed by atoms with Crippen LogP contribution in [0.5, 0.6) is 5.75 Å². The maximum atomic E-state index is 5.77. The number of nitrogens with zero attached hydrogens (tertiary/aromatic N) is 4. The third-order valence-electron chi connectivity index (χ3n) is 5.09. The first-order chi connectivity index (χ1) is 12.7. The second-order valence-corrected chi connectivity index (χ2v) is 7.08. The number of para-hydroxylation sites is 1. The minimum Gasteiger partial charge on any atom is -0.493 e. The molecule has 27 heavy (non-hydrogen) atoms. The minimum absolute atomic E-state index is 0. The molecule has 1 unspecified atom stereocenters. The fourth-order valence-corrected chi connectivity index (χ4v) is 3.11. The van der Waals surface area contributed by atoms with Crippen LogP contribution in [0.1, 0.15) is 42.5 Å². The van der Waals surface area contributed by atoms with E-state index in [0.717, 1.165) is 42.2 Å². The van der Waals surface area contributed by atoms with Gasteiger partial charge in [-0.3, -0.25) is 0 Å². The first kappa shape index (κ1) is 19.9. The molecular formula is C19H27IN6O. The second kappa shape index (κ2) is 8.90. The van der Waals surface area contributed by atoms with Crippen LogP contribution in [-0.2, 0) is 13.6 Å². The number of aliphatic imine (C=N–C) groups is 1. The van der Waals surface area contributed by atoms with Gasteiger partial charge in [-0.1, -0.05) is 18.2 Å². The first-order valence-corrected chi connectivity index (χ1v) is 9.32. The Hall–Kier alpha value is -1.84. The predicted molar refractivity (Wildman–Crippen MR) is 115 cm³/mol. The maximum absolute atomic E-state index is 5.77. The van der Waals surface area contributed by atoms with E-state index in [1.54, 1.807) is 0 Å². The van der Waals surface area contributed by atoms with Crippen molar-refractivity contribution >= 4 is 29.9 Å². The van der Waals surface area contributed by atoms with Crippen LogP contribution >= 0.6 is 24.0 Å². The molecule has 2 aliphatic rings. The van der Waals surface area contributed by atoms with Crippen molar-refractivity contribution in [2.75, 3.05) is 13.2 Å². The zero-order valence-corrected chi connectivity index (χ0v) is 18.1. The van der Waals surface area contributed by atoms with E-state index in [4.69, 9.17) is 9.73 Å². The largest absolute Gasteiger partial charge is 0.493 e. The number of rotatable bonds is 5. The van der Waals surface area contributed by atoms with E-state index in [0.29, 0.717) is 13.2 Å². The topological polar surface area (TPSA) is 76.4 Å². The first-order valence-electron chi connectivity index (χ1n) is 9.32. The average Bonchev–Trinajstić information content (AvgIpc) is 3.44. The summed E-state index contributed by atoms with van der Waals surface area (Å²) in [6.45, 7) is 4.13. The standard InChI is InChI=1S/C19H26N6O.HI/c1-13-23-24-18(25(13)2)12-21-19(20-11-14-7-8-14)22-16-9-10-26-17-6-4-3-5-15(16)17;/h3-6,14,16H,7-12H2,1-2H3,(H2,20,21,22);1H. The predicted octanol–water partition coefficient (Wildman–Crippen LogP) is 2.71. The van der Waals surface area contributed by atoms with E-state index in [-0.39, 0.29) is 30.0 Å². The summed E-state index contributed by atoms with van der Waals surface area (Å²) in [5.41, 5.74) is 1.19. The Balaban J connectivity index is 0.00000210. The Morgan fingerprint density at radius 3 is 2.81 bits per heavy atom. The summed E-state index contributed by atoms with van der Waals surface area (Å²) in [6.07, 6.45) is 3.54. The van der Waals surface area contributed by atoms with Crippen molar-refractivity contribution in [2.24, 2.45) is 18.0 Å². The third kappa shape index (κ3) is 4.91. The molecule has 2 N–H and O–H groups in total. The summed E-state index contributed by atoms with van der Waals surface area (Å²) in [7, 11) is 1.97. The molecule has 146 valence electrons. The molecule has 1 fully saturated rings. The Kier molecular flexibility index (Phi) is 6.56. The highest BCUT2D eigenvalue weighted by molar-refractivity contribution is 14.0. The summed E-state index contributed by atoms with van der Waals surface area (Å²) >= 11 is 0. The molecule has 1 saturated carbocycles. The van der Waals surface area contributed by atoms with Crippen molar-refractivity contribution in [3.63, 3.8) is 0 Å². The highest BCUT2D eigenvalue weighted by Gasteiger charge is 2.24. The van der Waals surface area contributed by atoms with E-state index in [1.807, 2.05) is 30.7 Å². The lowest BCUT2D eigenvalue weighted by Crippen LogP contribution is -2.42. The normalized spacial score (nSPS) is 18.9. The Bertz CT molecular complexity index is 801. The molecule has 8 heteroatoms. The molecule has 2 heterocycles. The third-order valence-corrected chi connectivity index (χ3v) is 5.09. The van der Waals surface area contributed by atoms with Gasteiger partial charge in [-0.2, -0.15) is 0 Å². The van der Waals surface area contributed by atoms with Crippen LogP contribution in [0.25, 0.3) is 0 Å². The Morgan fingerprint density at radius 2 is 2.07 bits per heavy atom. The zero-order chi connectivity index (χ0) is 17.9. The Morgan fingerprint density at radius 1 is 1.26 bits per heavy atom. The number of guanidine groups is 1. The summed E-state index contributed by atoms with van der Waals surface area (Å²) in [4.78, 5) is 4.77. The quantitative estimate of drug-likeness (QED) is 0.390. The van der Waals surface area contributed by atoms with Crippen molar-refractivity contribution in [3.05, 3.63) is 41.5 Å². The Labute approximate surface area is 177 Å². The van der Waals surface area contributed by atoms with Gasteiger partial charge >= 0.3 is 0 Å². The number of benzene rings is 1. The monoisotopic (exact) mass is 482 g/mol. The van der Waals surface area contributed by atoms with Gasteiger partial charge in [-0.15, -0.1) is 34.2 Å². The van der Waals surface area contributed by atoms with Gasteiger partial charge in [-0.05, 0) is 31.7 Å². The summed E-state index contributed by atoms with van der Waals surface area (Å²) in [6, 6.07) is 8.42. The molecule has 4 rings (SSSR count). The molecule has 1 aromatic heterocycles. The fraction of sp³-hybridized carbons (Fsp3) is 0.526. The fourth-order valence-electron chi connectivity index (χ4n) is 3.11. The molecule has 0 bridgehead atoms. The summed E-state index contributed by atoms with van der Waals surface area (Å²) in [5, 5.41) is 15.4. The van der Waals surface area contributed by atoms with Crippen LogP contribution in [0, 0.1) is 12.8 Å². The van der Waals surface area contributed by atoms with Crippen LogP contribution in [0.15, 0.2) is 29.3 Å². The van der Waals surface area contributed by atoms with E-state index in [1.165, 1.54) is 18.4 Å². The van der Waals surface area contributed by atoms with Crippen molar-refractivity contribution < 1.29 is 4.74 Å². The van der Waals surface area contributed by atoms with Crippen molar-refractivity contribution in [1.29, 1.82) is 0 Å². The highest BCUT2D eigenvalue weighted by atomic mass is 127. The van der Waals surface area contributed by atoms with Gasteiger partial charge in [0.1, 0.15) is 18.1 Å². The van der Waals surface area contributed by atoms with Crippen LogP contribution in [-0.4, -0.2) is 33.9 Å². The summed E-state index contributed by atoms with van der Waals surface area (Å²) in [5.74, 6) is 4.33. The van der Waals surface area contributed by atoms with E-state index in [9.17, 15) is 0 Å². The number of fused-ring (bicyclic) bond motifs is 1. The van der Waals surface area contributed by atoms with Gasteiger partial charge in [-0.25, -0.2) is 4.99 Å². The van der Waals surface area contributed by atoms with Crippen molar-refractivity contribution in [3.8, 4) is 5.75 Å². The van der Waals surface area contributed by atoms with Crippen LogP contribution in [0.2, 0.25) is 0 Å². The number of ether oxygens (including phenoxy) is 1. The van der Waals surface area contributed by atoms with Gasteiger partial charge in [0, 0.05) is 25.6 Å². The van der Waals surface area contributed by atoms with Gasteiger partial charge in [0.15, 0.2) is 11.8 Å². The molecule has 1 atom stereocenters. The van der Waals surface area contributed by atoms with Gasteiger partial charge in [0.05, 0.1) is 12.6 Å². The molecule has 2 aromatic rings. The van der Waals surface area contributed by atoms with Gasteiger partial charge in [0.2, 0.25) is 0 Å². The van der Waals surface area contributed by atoms with E-state index in [2.05, 4.69) is 33.0 Å². The number of hydrogen-bond donors (Lipinski definition) is 2. The minimum atomic E-state index is 0. The SMILES string of the molecule is Cc1nnc(CN=C(NCC2CC2)NC2CCOc3ccccc32)n1C.I. The lowest BCUT2D eigenvalue weighted by atomic mass is 10.0. The number of nitrogens with one attached hydrogen (secondary N) is 2. The van der Waals surface area contributed by atoms with Crippen LogP contribution < -0.4 is 15.4 Å². The van der Waals surface area contributed by atoms with E-state index < -0.39 is 0 Å². The lowest BCUT2D eigenvalue weighted by molar-refractivity contribution is 0.261. The molecule has 0 spiro atoms. The number of hydrogen-bond acceptors (Lipinski definition) is 4. The molecule has 7 nitrogen and oxygen atoms in total.